The number of halogens is 5. The minimum absolute atomic E-state index is 0.186. The number of hydrogen-bond acceptors (Lipinski definition) is 3. The molecule has 0 aliphatic rings. The standard InChI is InChI=1S/C15H21F5O3Si/c1-3-21-15(23-24,22-4-2)8-6-5-7-9-10(16)12(18)14(20)13(19)11(9)17/h3-8H2,1-2,24H3. The van der Waals surface area contributed by atoms with Crippen molar-refractivity contribution in [2.45, 2.75) is 45.5 Å². The topological polar surface area (TPSA) is 27.7 Å². The molecule has 1 aromatic rings. The Morgan fingerprint density at radius 3 is 1.67 bits per heavy atom. The Morgan fingerprint density at radius 2 is 1.25 bits per heavy atom. The zero-order chi connectivity index (χ0) is 18.3. The van der Waals surface area contributed by atoms with E-state index in [0.29, 0.717) is 30.1 Å². The van der Waals surface area contributed by atoms with E-state index in [-0.39, 0.29) is 19.3 Å². The lowest BCUT2D eigenvalue weighted by Gasteiger charge is -2.31. The van der Waals surface area contributed by atoms with Crippen LogP contribution < -0.4 is 0 Å². The van der Waals surface area contributed by atoms with Gasteiger partial charge in [0.15, 0.2) is 33.8 Å². The fourth-order valence-corrected chi connectivity index (χ4v) is 2.80. The zero-order valence-electron chi connectivity index (χ0n) is 13.9. The molecular formula is C15H21F5O3Si. The van der Waals surface area contributed by atoms with E-state index in [1.54, 1.807) is 13.8 Å². The monoisotopic (exact) mass is 372 g/mol. The summed E-state index contributed by atoms with van der Waals surface area (Å²) >= 11 is 0. The molecule has 1 rings (SSSR count). The largest absolute Gasteiger partial charge is 0.380 e. The highest BCUT2D eigenvalue weighted by Gasteiger charge is 2.30. The molecule has 0 spiro atoms. The number of unbranched alkanes of at least 4 members (excludes halogenated alkanes) is 1. The molecule has 1 aromatic carbocycles. The van der Waals surface area contributed by atoms with Crippen molar-refractivity contribution in [3.8, 4) is 0 Å². The van der Waals surface area contributed by atoms with E-state index in [9.17, 15) is 22.0 Å². The molecule has 0 aliphatic heterocycles. The molecule has 0 N–H and O–H groups in total. The van der Waals surface area contributed by atoms with Crippen LogP contribution in [0.2, 0.25) is 0 Å². The van der Waals surface area contributed by atoms with Gasteiger partial charge in [-0.3, -0.25) is 0 Å². The molecule has 3 nitrogen and oxygen atoms in total. The quantitative estimate of drug-likeness (QED) is 0.158. The van der Waals surface area contributed by atoms with Crippen molar-refractivity contribution in [1.82, 2.24) is 0 Å². The summed E-state index contributed by atoms with van der Waals surface area (Å²) < 4.78 is 82.7. The third-order valence-electron chi connectivity index (χ3n) is 3.50. The molecule has 24 heavy (non-hydrogen) atoms. The van der Waals surface area contributed by atoms with Crippen LogP contribution >= 0.6 is 0 Å². The first-order valence-electron chi connectivity index (χ1n) is 7.66. The molecule has 0 atom stereocenters. The molecule has 0 aromatic heterocycles. The van der Waals surface area contributed by atoms with E-state index in [2.05, 4.69) is 0 Å². The van der Waals surface area contributed by atoms with E-state index in [4.69, 9.17) is 13.9 Å². The summed E-state index contributed by atoms with van der Waals surface area (Å²) in [6, 6.07) is 0. The Morgan fingerprint density at radius 1 is 0.792 bits per heavy atom. The lowest BCUT2D eigenvalue weighted by atomic mass is 10.0. The Hall–Kier alpha value is -1.03. The molecule has 0 radical (unpaired) electrons. The van der Waals surface area contributed by atoms with Gasteiger partial charge in [-0.05, 0) is 33.1 Å². The molecule has 138 valence electrons. The predicted octanol–water partition coefficient (Wildman–Crippen LogP) is 3.12. The van der Waals surface area contributed by atoms with Gasteiger partial charge in [-0.25, -0.2) is 22.0 Å². The van der Waals surface area contributed by atoms with Crippen LogP contribution in [0.25, 0.3) is 0 Å². The highest BCUT2D eigenvalue weighted by Crippen LogP contribution is 2.26. The fourth-order valence-electron chi connectivity index (χ4n) is 2.36. The van der Waals surface area contributed by atoms with Crippen LogP contribution in [0.1, 0.15) is 38.7 Å². The van der Waals surface area contributed by atoms with Crippen LogP contribution in [0.15, 0.2) is 0 Å². The average Bonchev–Trinajstić information content (AvgIpc) is 2.57. The first-order valence-corrected chi connectivity index (χ1v) is 8.48. The molecule has 0 bridgehead atoms. The van der Waals surface area contributed by atoms with Gasteiger partial charge in [0.2, 0.25) is 5.82 Å². The summed E-state index contributed by atoms with van der Waals surface area (Å²) in [5.41, 5.74) is -0.809. The first kappa shape index (κ1) is 21.0. The molecule has 0 heterocycles. The SMILES string of the molecule is CCOC(CCCCc1c(F)c(F)c(F)c(F)c1F)(O[SiH3])OCC. The molecule has 0 unspecified atom stereocenters. The van der Waals surface area contributed by atoms with Crippen molar-refractivity contribution in [1.29, 1.82) is 0 Å². The van der Waals surface area contributed by atoms with Gasteiger partial charge in [0.05, 0.1) is 0 Å². The maximum atomic E-state index is 13.6. The number of ether oxygens (including phenoxy) is 2. The Labute approximate surface area is 140 Å². The van der Waals surface area contributed by atoms with Crippen molar-refractivity contribution in [3.05, 3.63) is 34.6 Å². The molecule has 0 amide bonds. The van der Waals surface area contributed by atoms with Crippen LogP contribution in [-0.4, -0.2) is 29.7 Å². The third kappa shape index (κ3) is 4.75. The first-order chi connectivity index (χ1) is 11.3. The highest BCUT2D eigenvalue weighted by molar-refractivity contribution is 5.98. The van der Waals surface area contributed by atoms with Gasteiger partial charge in [-0.15, -0.1) is 0 Å². The Balaban J connectivity index is 2.74. The maximum absolute atomic E-state index is 13.6. The normalized spacial score (nSPS) is 12.1. The lowest BCUT2D eigenvalue weighted by molar-refractivity contribution is -0.344. The van der Waals surface area contributed by atoms with Crippen LogP contribution in [0, 0.1) is 29.1 Å². The second kappa shape index (κ2) is 9.45. The van der Waals surface area contributed by atoms with Gasteiger partial charge in [-0.1, -0.05) is 0 Å². The van der Waals surface area contributed by atoms with E-state index < -0.39 is 40.6 Å². The van der Waals surface area contributed by atoms with E-state index in [0.717, 1.165) is 0 Å². The predicted molar refractivity (Wildman–Crippen MR) is 80.8 cm³/mol. The second-order valence-corrected chi connectivity index (χ2v) is 5.42. The van der Waals surface area contributed by atoms with Gasteiger partial charge in [-0.2, -0.15) is 0 Å². The second-order valence-electron chi connectivity index (χ2n) is 5.01. The molecule has 0 fully saturated rings. The summed E-state index contributed by atoms with van der Waals surface area (Å²) in [5.74, 6) is -10.8. The summed E-state index contributed by atoms with van der Waals surface area (Å²) in [4.78, 5) is 0. The highest BCUT2D eigenvalue weighted by atomic mass is 28.2. The molecule has 9 heteroatoms. The van der Waals surface area contributed by atoms with Crippen molar-refractivity contribution in [3.63, 3.8) is 0 Å². The summed E-state index contributed by atoms with van der Waals surface area (Å²) in [5, 5.41) is 0. The van der Waals surface area contributed by atoms with Crippen LogP contribution in [-0.2, 0) is 20.3 Å². The smallest absolute Gasteiger partial charge is 0.272 e. The van der Waals surface area contributed by atoms with Crippen molar-refractivity contribution >= 4 is 10.5 Å². The van der Waals surface area contributed by atoms with Crippen LogP contribution in [0.3, 0.4) is 0 Å². The van der Waals surface area contributed by atoms with Crippen LogP contribution in [0.4, 0.5) is 22.0 Å². The van der Waals surface area contributed by atoms with Crippen molar-refractivity contribution in [2.75, 3.05) is 13.2 Å². The molecule has 0 saturated heterocycles. The molecule has 0 saturated carbocycles. The van der Waals surface area contributed by atoms with Gasteiger partial charge in [0.25, 0.3) is 5.97 Å². The number of hydrogen-bond donors (Lipinski definition) is 0. The van der Waals surface area contributed by atoms with Crippen molar-refractivity contribution < 1.29 is 35.9 Å². The number of benzene rings is 1. The zero-order valence-corrected chi connectivity index (χ0v) is 15.9. The maximum Gasteiger partial charge on any atom is 0.272 e. The van der Waals surface area contributed by atoms with E-state index in [1.165, 1.54) is 0 Å². The average molecular weight is 372 g/mol. The van der Waals surface area contributed by atoms with Gasteiger partial charge in [0, 0.05) is 25.2 Å². The summed E-state index contributed by atoms with van der Waals surface area (Å²) in [6.07, 6.45) is 0.543. The summed E-state index contributed by atoms with van der Waals surface area (Å²) in [7, 11) is 0.351. The minimum atomic E-state index is -2.15. The molecule has 0 aliphatic carbocycles. The van der Waals surface area contributed by atoms with Gasteiger partial charge in [0.1, 0.15) is 0 Å². The number of rotatable bonds is 10. The Kier molecular flexibility index (Phi) is 8.27. The Bertz CT molecular complexity index is 521. The fraction of sp³-hybridized carbons (Fsp3) is 0.600. The van der Waals surface area contributed by atoms with Crippen molar-refractivity contribution in [2.24, 2.45) is 0 Å². The van der Waals surface area contributed by atoms with Gasteiger partial charge < -0.3 is 13.9 Å². The molecular weight excluding hydrogens is 351 g/mol. The van der Waals surface area contributed by atoms with E-state index >= 15 is 0 Å². The summed E-state index contributed by atoms with van der Waals surface area (Å²) in [6.45, 7) is 4.23. The van der Waals surface area contributed by atoms with Gasteiger partial charge >= 0.3 is 0 Å². The van der Waals surface area contributed by atoms with Crippen LogP contribution in [0.5, 0.6) is 0 Å². The van der Waals surface area contributed by atoms with E-state index in [1.807, 2.05) is 0 Å². The minimum Gasteiger partial charge on any atom is -0.380 e. The third-order valence-corrected chi connectivity index (χ3v) is 4.12. The lowest BCUT2D eigenvalue weighted by Crippen LogP contribution is -2.38.